The van der Waals surface area contributed by atoms with Gasteiger partial charge < -0.3 is 14.8 Å². The van der Waals surface area contributed by atoms with Crippen LogP contribution in [0.15, 0.2) is 55.6 Å². The Morgan fingerprint density at radius 3 is 2.39 bits per heavy atom. The lowest BCUT2D eigenvalue weighted by Crippen LogP contribution is -2.43. The molecule has 1 N–H and O–H groups in total. The van der Waals surface area contributed by atoms with Crippen molar-refractivity contribution in [1.29, 1.82) is 0 Å². The van der Waals surface area contributed by atoms with Crippen LogP contribution in [0.5, 0.6) is 0 Å². The zero-order valence-electron chi connectivity index (χ0n) is 13.4. The van der Waals surface area contributed by atoms with Crippen molar-refractivity contribution in [3.05, 3.63) is 61.2 Å². The van der Waals surface area contributed by atoms with Crippen LogP contribution in [0, 0.1) is 5.92 Å². The molecule has 5 nitrogen and oxygen atoms in total. The van der Waals surface area contributed by atoms with E-state index in [9.17, 15) is 9.59 Å². The standard InChI is InChI=1S/C18H23NO4/c1-4-9-15(17(20)22-3)16(10-5-2)19-18(21)23-13-14-11-7-6-8-12-14/h4-8,11-12,15-16H,1-2,9-10,13H2,3H3,(H,19,21)/t15-,16-/m1/s1. The van der Waals surface area contributed by atoms with E-state index in [-0.39, 0.29) is 6.61 Å². The molecule has 0 spiro atoms. The van der Waals surface area contributed by atoms with E-state index in [2.05, 4.69) is 18.5 Å². The molecule has 0 aliphatic heterocycles. The molecule has 0 aromatic heterocycles. The number of methoxy groups -OCH3 is 1. The van der Waals surface area contributed by atoms with Crippen LogP contribution in [-0.4, -0.2) is 25.2 Å². The third-order valence-corrected chi connectivity index (χ3v) is 3.35. The summed E-state index contributed by atoms with van der Waals surface area (Å²) in [6, 6.07) is 8.90. The van der Waals surface area contributed by atoms with Crippen LogP contribution in [0.2, 0.25) is 0 Å². The van der Waals surface area contributed by atoms with E-state index in [0.29, 0.717) is 12.8 Å². The second-order valence-corrected chi connectivity index (χ2v) is 4.99. The Bertz CT molecular complexity index is 527. The van der Waals surface area contributed by atoms with E-state index in [1.165, 1.54) is 7.11 Å². The highest BCUT2D eigenvalue weighted by Gasteiger charge is 2.29. The number of alkyl carbamates (subject to hydrolysis) is 1. The highest BCUT2D eigenvalue weighted by Crippen LogP contribution is 2.16. The molecular weight excluding hydrogens is 294 g/mol. The van der Waals surface area contributed by atoms with Gasteiger partial charge in [-0.15, -0.1) is 13.2 Å². The van der Waals surface area contributed by atoms with Gasteiger partial charge in [-0.1, -0.05) is 42.5 Å². The van der Waals surface area contributed by atoms with Crippen LogP contribution in [-0.2, 0) is 20.9 Å². The van der Waals surface area contributed by atoms with E-state index in [1.807, 2.05) is 30.3 Å². The lowest BCUT2D eigenvalue weighted by Gasteiger charge is -2.24. The number of hydrogen-bond acceptors (Lipinski definition) is 4. The van der Waals surface area contributed by atoms with Crippen molar-refractivity contribution in [2.75, 3.05) is 7.11 Å². The molecular formula is C18H23NO4. The number of allylic oxidation sites excluding steroid dienone is 1. The van der Waals surface area contributed by atoms with E-state index < -0.39 is 24.0 Å². The molecule has 0 aliphatic carbocycles. The van der Waals surface area contributed by atoms with Crippen molar-refractivity contribution in [3.63, 3.8) is 0 Å². The molecule has 1 aromatic rings. The van der Waals surface area contributed by atoms with Crippen LogP contribution in [0.4, 0.5) is 4.79 Å². The Morgan fingerprint density at radius 1 is 1.17 bits per heavy atom. The molecule has 0 unspecified atom stereocenters. The fourth-order valence-corrected chi connectivity index (χ4v) is 2.18. The van der Waals surface area contributed by atoms with Crippen LogP contribution in [0.1, 0.15) is 18.4 Å². The van der Waals surface area contributed by atoms with Gasteiger partial charge in [0, 0.05) is 6.04 Å². The average molecular weight is 317 g/mol. The summed E-state index contributed by atoms with van der Waals surface area (Å²) in [7, 11) is 1.32. The van der Waals surface area contributed by atoms with Crippen LogP contribution >= 0.6 is 0 Å². The van der Waals surface area contributed by atoms with Gasteiger partial charge in [0.15, 0.2) is 0 Å². The molecule has 1 rings (SSSR count). The number of amides is 1. The van der Waals surface area contributed by atoms with Gasteiger partial charge in [-0.3, -0.25) is 4.79 Å². The lowest BCUT2D eigenvalue weighted by atomic mass is 9.93. The van der Waals surface area contributed by atoms with Gasteiger partial charge in [0.25, 0.3) is 0 Å². The van der Waals surface area contributed by atoms with Gasteiger partial charge in [-0.25, -0.2) is 4.79 Å². The van der Waals surface area contributed by atoms with Gasteiger partial charge in [0.2, 0.25) is 0 Å². The summed E-state index contributed by atoms with van der Waals surface area (Å²) in [5, 5.41) is 2.71. The maximum atomic E-state index is 12.0. The minimum atomic E-state index is -0.585. The minimum Gasteiger partial charge on any atom is -0.469 e. The Morgan fingerprint density at radius 2 is 1.83 bits per heavy atom. The van der Waals surface area contributed by atoms with Gasteiger partial charge in [0.1, 0.15) is 6.61 Å². The van der Waals surface area contributed by atoms with E-state index in [0.717, 1.165) is 5.56 Å². The largest absolute Gasteiger partial charge is 0.469 e. The quantitative estimate of drug-likeness (QED) is 0.561. The number of esters is 1. The smallest absolute Gasteiger partial charge is 0.407 e. The molecule has 0 bridgehead atoms. The first kappa shape index (κ1) is 18.5. The summed E-state index contributed by atoms with van der Waals surface area (Å²) < 4.78 is 9.97. The number of benzene rings is 1. The predicted octanol–water partition coefficient (Wildman–Crippen LogP) is 3.22. The van der Waals surface area contributed by atoms with Crippen molar-refractivity contribution in [1.82, 2.24) is 5.32 Å². The molecule has 0 heterocycles. The van der Waals surface area contributed by atoms with Crippen molar-refractivity contribution in [2.45, 2.75) is 25.5 Å². The zero-order valence-corrected chi connectivity index (χ0v) is 13.4. The van der Waals surface area contributed by atoms with Crippen LogP contribution < -0.4 is 5.32 Å². The molecule has 5 heteroatoms. The van der Waals surface area contributed by atoms with Gasteiger partial charge in [-0.2, -0.15) is 0 Å². The fraction of sp³-hybridized carbons (Fsp3) is 0.333. The summed E-state index contributed by atoms with van der Waals surface area (Å²) in [5.41, 5.74) is 0.888. The van der Waals surface area contributed by atoms with E-state index in [1.54, 1.807) is 12.2 Å². The normalized spacial score (nSPS) is 12.6. The minimum absolute atomic E-state index is 0.165. The Labute approximate surface area is 137 Å². The van der Waals surface area contributed by atoms with E-state index >= 15 is 0 Å². The molecule has 23 heavy (non-hydrogen) atoms. The Hall–Kier alpha value is -2.56. The summed E-state index contributed by atoms with van der Waals surface area (Å²) >= 11 is 0. The number of nitrogens with one attached hydrogen (secondary N) is 1. The number of hydrogen-bond donors (Lipinski definition) is 1. The van der Waals surface area contributed by atoms with Gasteiger partial charge >= 0.3 is 12.1 Å². The molecule has 0 aliphatic rings. The summed E-state index contributed by atoms with van der Waals surface area (Å²) in [6.07, 6.45) is 3.49. The molecule has 124 valence electrons. The molecule has 0 fully saturated rings. The number of carbonyl (C=O) groups excluding carboxylic acids is 2. The Balaban J connectivity index is 2.65. The third kappa shape index (κ3) is 6.38. The lowest BCUT2D eigenvalue weighted by molar-refractivity contribution is -0.146. The second-order valence-electron chi connectivity index (χ2n) is 4.99. The van der Waals surface area contributed by atoms with Gasteiger partial charge in [-0.05, 0) is 18.4 Å². The first-order valence-electron chi connectivity index (χ1n) is 7.39. The monoisotopic (exact) mass is 317 g/mol. The molecule has 1 aromatic carbocycles. The molecule has 2 atom stereocenters. The maximum Gasteiger partial charge on any atom is 0.407 e. The second kappa shape index (κ2) is 10.2. The molecule has 1 amide bonds. The number of rotatable bonds is 9. The summed E-state index contributed by atoms with van der Waals surface area (Å²) in [4.78, 5) is 23.9. The predicted molar refractivity (Wildman–Crippen MR) is 88.7 cm³/mol. The zero-order chi connectivity index (χ0) is 17.1. The fourth-order valence-electron chi connectivity index (χ4n) is 2.18. The first-order chi connectivity index (χ1) is 11.1. The van der Waals surface area contributed by atoms with Crippen LogP contribution in [0.3, 0.4) is 0 Å². The molecule has 0 saturated carbocycles. The third-order valence-electron chi connectivity index (χ3n) is 3.35. The number of ether oxygens (including phenoxy) is 2. The van der Waals surface area contributed by atoms with E-state index in [4.69, 9.17) is 9.47 Å². The Kier molecular flexibility index (Phi) is 8.21. The number of carbonyl (C=O) groups is 2. The van der Waals surface area contributed by atoms with Gasteiger partial charge in [0.05, 0.1) is 13.0 Å². The highest BCUT2D eigenvalue weighted by molar-refractivity contribution is 5.75. The van der Waals surface area contributed by atoms with Crippen molar-refractivity contribution >= 4 is 12.1 Å². The highest BCUT2D eigenvalue weighted by atomic mass is 16.5. The SMILES string of the molecule is C=CC[C@@H](NC(=O)OCc1ccccc1)[C@@H](CC=C)C(=O)OC. The summed E-state index contributed by atoms with van der Waals surface area (Å²) in [5.74, 6) is -0.931. The van der Waals surface area contributed by atoms with Crippen molar-refractivity contribution < 1.29 is 19.1 Å². The van der Waals surface area contributed by atoms with Crippen molar-refractivity contribution in [2.24, 2.45) is 5.92 Å². The first-order valence-corrected chi connectivity index (χ1v) is 7.39. The summed E-state index contributed by atoms with van der Waals surface area (Å²) in [6.45, 7) is 7.46. The molecule has 0 radical (unpaired) electrons. The van der Waals surface area contributed by atoms with Crippen molar-refractivity contribution in [3.8, 4) is 0 Å². The maximum absolute atomic E-state index is 12.0. The topological polar surface area (TPSA) is 64.6 Å². The average Bonchev–Trinajstić information content (AvgIpc) is 2.58. The molecule has 0 saturated heterocycles. The van der Waals surface area contributed by atoms with Crippen LogP contribution in [0.25, 0.3) is 0 Å².